The van der Waals surface area contributed by atoms with E-state index in [9.17, 15) is 5.11 Å². The number of benzene rings is 6. The maximum absolute atomic E-state index is 12.6. The Morgan fingerprint density at radius 2 is 0.759 bits per heavy atom. The number of aliphatic hydroxyl groups excluding tert-OH is 1. The Kier molecular flexibility index (Phi) is 13.1. The molecule has 0 radical (unpaired) electrons. The molecule has 8 heteroatoms. The largest absolute Gasteiger partial charge is 0.405 e. The van der Waals surface area contributed by atoms with Gasteiger partial charge in [-0.25, -0.2) is 0 Å². The van der Waals surface area contributed by atoms with E-state index in [2.05, 4.69) is 187 Å². The first-order chi connectivity index (χ1) is 28.0. The molecule has 1 aliphatic rings. The standard InChI is InChI=1S/C50H57O5PSi2/c1-49(2,3)57(41-29-17-9-18-30-41,42-31-19-10-20-32-42)52-37-45-47(51)48(55-56(39-25-13-7-14-26-39)40-27-15-8-16-28-40)46(54-45)38-53-58(50(4,5)6,43-33-21-11-22-34-43)44-35-23-12-24-36-44/h7-36,45-48,51H,37-38H2,1-6H3/t45-,46-,47-,48-/m1/s1. The summed E-state index contributed by atoms with van der Waals surface area (Å²) >= 11 is 0. The highest BCUT2D eigenvalue weighted by atomic mass is 31.1. The van der Waals surface area contributed by atoms with E-state index in [1.807, 2.05) is 36.4 Å². The monoisotopic (exact) mass is 824 g/mol. The van der Waals surface area contributed by atoms with Gasteiger partial charge in [-0.2, -0.15) is 0 Å². The van der Waals surface area contributed by atoms with Gasteiger partial charge in [0, 0.05) is 10.6 Å². The van der Waals surface area contributed by atoms with Crippen molar-refractivity contribution < 1.29 is 23.2 Å². The van der Waals surface area contributed by atoms with E-state index in [4.69, 9.17) is 18.1 Å². The van der Waals surface area contributed by atoms with Crippen LogP contribution in [-0.2, 0) is 18.1 Å². The van der Waals surface area contributed by atoms with Crippen molar-refractivity contribution in [2.24, 2.45) is 0 Å². The molecule has 0 unspecified atom stereocenters. The zero-order valence-corrected chi connectivity index (χ0v) is 37.5. The molecule has 58 heavy (non-hydrogen) atoms. The minimum Gasteiger partial charge on any atom is -0.405 e. The van der Waals surface area contributed by atoms with Crippen LogP contribution in [0.4, 0.5) is 0 Å². The third-order valence-electron chi connectivity index (χ3n) is 11.4. The van der Waals surface area contributed by atoms with Gasteiger partial charge in [0.2, 0.25) is 0 Å². The lowest BCUT2D eigenvalue weighted by atomic mass is 10.1. The van der Waals surface area contributed by atoms with Crippen LogP contribution in [0.2, 0.25) is 10.1 Å². The zero-order chi connectivity index (χ0) is 40.8. The van der Waals surface area contributed by atoms with Gasteiger partial charge in [0.05, 0.1) is 21.4 Å². The summed E-state index contributed by atoms with van der Waals surface area (Å²) in [5.74, 6) is 0. The topological polar surface area (TPSA) is 57.2 Å². The minimum absolute atomic E-state index is 0.193. The predicted molar refractivity (Wildman–Crippen MR) is 246 cm³/mol. The molecule has 6 aromatic carbocycles. The number of hydrogen-bond donors (Lipinski definition) is 1. The van der Waals surface area contributed by atoms with Crippen molar-refractivity contribution in [3.8, 4) is 0 Å². The van der Waals surface area contributed by atoms with Gasteiger partial charge in [0.1, 0.15) is 24.4 Å². The van der Waals surface area contributed by atoms with Crippen molar-refractivity contribution in [3.05, 3.63) is 182 Å². The second-order valence-corrected chi connectivity index (χ2v) is 27.6. The molecule has 5 nitrogen and oxygen atoms in total. The van der Waals surface area contributed by atoms with E-state index in [-0.39, 0.29) is 23.3 Å². The van der Waals surface area contributed by atoms with Crippen molar-refractivity contribution in [3.63, 3.8) is 0 Å². The molecular weight excluding hydrogens is 768 g/mol. The number of aliphatic hydroxyl groups is 1. The van der Waals surface area contributed by atoms with Crippen molar-refractivity contribution in [1.82, 2.24) is 0 Å². The first-order valence-corrected chi connectivity index (χ1v) is 25.4. The summed E-state index contributed by atoms with van der Waals surface area (Å²) in [7, 11) is -7.22. The molecular formula is C50H57O5PSi2. The minimum atomic E-state index is -2.96. The first kappa shape index (κ1) is 42.1. The van der Waals surface area contributed by atoms with Gasteiger partial charge in [-0.3, -0.25) is 0 Å². The molecule has 300 valence electrons. The van der Waals surface area contributed by atoms with Crippen LogP contribution >= 0.6 is 8.15 Å². The summed E-state index contributed by atoms with van der Waals surface area (Å²) in [5, 5.41) is 19.0. The van der Waals surface area contributed by atoms with Gasteiger partial charge in [-0.05, 0) is 30.8 Å². The Morgan fingerprint density at radius 3 is 1.07 bits per heavy atom. The van der Waals surface area contributed by atoms with Crippen molar-refractivity contribution in [1.29, 1.82) is 0 Å². The summed E-state index contributed by atoms with van der Waals surface area (Å²) in [6.45, 7) is 14.1. The van der Waals surface area contributed by atoms with Crippen LogP contribution in [0.1, 0.15) is 41.5 Å². The van der Waals surface area contributed by atoms with Crippen LogP contribution in [0.15, 0.2) is 182 Å². The number of ether oxygens (including phenoxy) is 1. The molecule has 0 saturated carbocycles. The molecule has 6 aromatic rings. The van der Waals surface area contributed by atoms with Crippen LogP contribution in [0, 0.1) is 0 Å². The average Bonchev–Trinajstić information content (AvgIpc) is 3.54. The molecule has 0 aliphatic carbocycles. The zero-order valence-electron chi connectivity index (χ0n) is 34.6. The lowest BCUT2D eigenvalue weighted by Gasteiger charge is -2.44. The lowest BCUT2D eigenvalue weighted by molar-refractivity contribution is -0.0324. The van der Waals surface area contributed by atoms with E-state index >= 15 is 0 Å². The Labute approximate surface area is 349 Å². The fourth-order valence-corrected chi connectivity index (χ4v) is 19.7. The molecule has 1 aliphatic heterocycles. The number of hydrogen-bond acceptors (Lipinski definition) is 5. The number of rotatable bonds is 14. The highest BCUT2D eigenvalue weighted by Crippen LogP contribution is 2.43. The van der Waals surface area contributed by atoms with Gasteiger partial charge in [0.25, 0.3) is 16.6 Å². The van der Waals surface area contributed by atoms with Gasteiger partial charge in [-0.1, -0.05) is 224 Å². The fraction of sp³-hybridized carbons (Fsp3) is 0.280. The molecule has 1 heterocycles. The van der Waals surface area contributed by atoms with Crippen LogP contribution in [0.5, 0.6) is 0 Å². The van der Waals surface area contributed by atoms with E-state index < -0.39 is 49.2 Å². The first-order valence-electron chi connectivity index (χ1n) is 20.4. The van der Waals surface area contributed by atoms with E-state index in [0.717, 1.165) is 10.6 Å². The smallest absolute Gasteiger partial charge is 0.261 e. The van der Waals surface area contributed by atoms with Crippen molar-refractivity contribution in [2.45, 2.75) is 76.0 Å². The van der Waals surface area contributed by atoms with E-state index in [0.29, 0.717) is 0 Å². The van der Waals surface area contributed by atoms with Crippen LogP contribution in [-0.4, -0.2) is 59.4 Å². The van der Waals surface area contributed by atoms with Crippen LogP contribution in [0.25, 0.3) is 0 Å². The molecule has 1 N–H and O–H groups in total. The van der Waals surface area contributed by atoms with Crippen molar-refractivity contribution in [2.75, 3.05) is 13.2 Å². The summed E-state index contributed by atoms with van der Waals surface area (Å²) in [6, 6.07) is 63.2. The quantitative estimate of drug-likeness (QED) is 0.0903. The second kappa shape index (κ2) is 18.1. The van der Waals surface area contributed by atoms with E-state index in [1.54, 1.807) is 0 Å². The lowest BCUT2D eigenvalue weighted by Crippen LogP contribution is -2.67. The van der Waals surface area contributed by atoms with Gasteiger partial charge in [0.15, 0.2) is 0 Å². The van der Waals surface area contributed by atoms with Gasteiger partial charge < -0.3 is 23.2 Å². The highest BCUT2D eigenvalue weighted by molar-refractivity contribution is 7.68. The summed E-state index contributed by atoms with van der Waals surface area (Å²) in [4.78, 5) is 0. The maximum atomic E-state index is 12.6. The molecule has 1 fully saturated rings. The molecule has 7 rings (SSSR count). The van der Waals surface area contributed by atoms with Crippen molar-refractivity contribution >= 4 is 56.1 Å². The van der Waals surface area contributed by atoms with Gasteiger partial charge >= 0.3 is 0 Å². The van der Waals surface area contributed by atoms with Crippen LogP contribution in [0.3, 0.4) is 0 Å². The normalized spacial score (nSPS) is 19.0. The molecule has 0 spiro atoms. The molecule has 1 saturated heterocycles. The second-order valence-electron chi connectivity index (χ2n) is 17.2. The summed E-state index contributed by atoms with van der Waals surface area (Å²) < 4.78 is 29.2. The fourth-order valence-electron chi connectivity index (χ4n) is 8.67. The molecule has 0 bridgehead atoms. The Bertz CT molecular complexity index is 2030. The third-order valence-corrected chi connectivity index (χ3v) is 23.4. The Morgan fingerprint density at radius 1 is 0.466 bits per heavy atom. The molecule has 0 aromatic heterocycles. The van der Waals surface area contributed by atoms with Gasteiger partial charge in [-0.15, -0.1) is 0 Å². The summed E-state index contributed by atoms with van der Waals surface area (Å²) in [5.41, 5.74) is 0. The Hall–Kier alpha value is -4.02. The SMILES string of the molecule is CC(C)(C)[Si](OC[C@H]1O[C@H](CO[Si](c2ccccc2)(c2ccccc2)C(C)(C)C)[C@@H](OP(c2ccccc2)c2ccccc2)[C@@H]1O)(c1ccccc1)c1ccccc1. The molecule has 4 atom stereocenters. The van der Waals surface area contributed by atoms with E-state index in [1.165, 1.54) is 20.7 Å². The predicted octanol–water partition coefficient (Wildman–Crippen LogP) is 7.70. The average molecular weight is 825 g/mol. The van der Waals surface area contributed by atoms with Crippen LogP contribution < -0.4 is 31.4 Å². The molecule has 0 amide bonds. The Balaban J connectivity index is 1.29. The highest BCUT2D eigenvalue weighted by Gasteiger charge is 2.55. The third kappa shape index (κ3) is 8.51. The summed E-state index contributed by atoms with van der Waals surface area (Å²) in [6.07, 6.45) is -2.93. The maximum Gasteiger partial charge on any atom is 0.261 e.